The monoisotopic (exact) mass is 192 g/mol. The predicted octanol–water partition coefficient (Wildman–Crippen LogP) is 2.21. The van der Waals surface area contributed by atoms with Gasteiger partial charge in [-0.3, -0.25) is 9.97 Å². The first-order valence-corrected chi connectivity index (χ1v) is 4.67. The lowest BCUT2D eigenvalue weighted by Gasteiger charge is -1.99. The molecule has 0 atom stereocenters. The summed E-state index contributed by atoms with van der Waals surface area (Å²) >= 11 is 1.58. The number of nitrogens with zero attached hydrogens (tertiary/aromatic N) is 2. The highest BCUT2D eigenvalue weighted by molar-refractivity contribution is 7.13. The molecule has 0 aliphatic heterocycles. The topological polar surface area (TPSA) is 35.0 Å². The van der Waals surface area contributed by atoms with Gasteiger partial charge in [0.2, 0.25) is 0 Å². The maximum atomic E-state index is 5.01. The van der Waals surface area contributed by atoms with E-state index < -0.39 is 0 Å². The lowest BCUT2D eigenvalue weighted by molar-refractivity contribution is 0.413. The molecule has 3 nitrogen and oxygen atoms in total. The minimum Gasteiger partial charge on any atom is -0.495 e. The third-order valence-corrected chi connectivity index (χ3v) is 2.45. The lowest BCUT2D eigenvalue weighted by atomic mass is 10.3. The fourth-order valence-electron chi connectivity index (χ4n) is 0.989. The summed E-state index contributed by atoms with van der Waals surface area (Å²) in [5.74, 6) is 0.772. The van der Waals surface area contributed by atoms with Gasteiger partial charge in [-0.1, -0.05) is 0 Å². The Kier molecular flexibility index (Phi) is 2.23. The van der Waals surface area contributed by atoms with Crippen LogP contribution in [0.3, 0.4) is 0 Å². The fraction of sp³-hybridized carbons (Fsp3) is 0.111. The molecule has 66 valence electrons. The SMILES string of the molecule is COc1ccc(-c2cncs2)nc1. The molecule has 13 heavy (non-hydrogen) atoms. The van der Waals surface area contributed by atoms with Gasteiger partial charge in [0.05, 0.1) is 29.4 Å². The molecule has 0 aliphatic carbocycles. The quantitative estimate of drug-likeness (QED) is 0.731. The molecule has 0 spiro atoms. The van der Waals surface area contributed by atoms with Gasteiger partial charge in [0.15, 0.2) is 0 Å². The van der Waals surface area contributed by atoms with Gasteiger partial charge in [0.25, 0.3) is 0 Å². The molecule has 0 amide bonds. The van der Waals surface area contributed by atoms with Gasteiger partial charge in [-0.05, 0) is 12.1 Å². The number of aromatic nitrogens is 2. The number of hydrogen-bond donors (Lipinski definition) is 0. The van der Waals surface area contributed by atoms with Crippen LogP contribution >= 0.6 is 11.3 Å². The average molecular weight is 192 g/mol. The first-order valence-electron chi connectivity index (χ1n) is 3.79. The Morgan fingerprint density at radius 1 is 1.31 bits per heavy atom. The first kappa shape index (κ1) is 8.19. The zero-order valence-corrected chi connectivity index (χ0v) is 7.91. The second kappa shape index (κ2) is 3.53. The van der Waals surface area contributed by atoms with Crippen LogP contribution in [0.1, 0.15) is 0 Å². The molecule has 0 saturated carbocycles. The van der Waals surface area contributed by atoms with Crippen molar-refractivity contribution in [3.63, 3.8) is 0 Å². The van der Waals surface area contributed by atoms with E-state index in [0.717, 1.165) is 16.3 Å². The number of thiazole rings is 1. The maximum Gasteiger partial charge on any atom is 0.137 e. The lowest BCUT2D eigenvalue weighted by Crippen LogP contribution is -1.84. The van der Waals surface area contributed by atoms with E-state index in [1.54, 1.807) is 36.4 Å². The highest BCUT2D eigenvalue weighted by Crippen LogP contribution is 2.22. The second-order valence-corrected chi connectivity index (χ2v) is 3.34. The van der Waals surface area contributed by atoms with E-state index in [1.807, 2.05) is 12.1 Å². The zero-order chi connectivity index (χ0) is 9.10. The normalized spacial score (nSPS) is 9.92. The molecule has 0 unspecified atom stereocenters. The Labute approximate surface area is 80.0 Å². The Balaban J connectivity index is 2.33. The summed E-state index contributed by atoms with van der Waals surface area (Å²) in [6.07, 6.45) is 3.51. The molecule has 0 radical (unpaired) electrons. The molecule has 2 rings (SSSR count). The summed E-state index contributed by atoms with van der Waals surface area (Å²) in [4.78, 5) is 9.30. The van der Waals surface area contributed by atoms with Crippen molar-refractivity contribution in [2.45, 2.75) is 0 Å². The molecule has 0 aliphatic rings. The second-order valence-electron chi connectivity index (χ2n) is 2.45. The predicted molar refractivity (Wildman–Crippen MR) is 51.9 cm³/mol. The molecular weight excluding hydrogens is 184 g/mol. The summed E-state index contributed by atoms with van der Waals surface area (Å²) in [5, 5.41) is 0. The molecule has 0 N–H and O–H groups in total. The molecule has 0 saturated heterocycles. The van der Waals surface area contributed by atoms with Crippen molar-refractivity contribution in [2.75, 3.05) is 7.11 Å². The smallest absolute Gasteiger partial charge is 0.137 e. The highest BCUT2D eigenvalue weighted by atomic mass is 32.1. The van der Waals surface area contributed by atoms with Gasteiger partial charge in [-0.2, -0.15) is 0 Å². The van der Waals surface area contributed by atoms with E-state index in [1.165, 1.54) is 0 Å². The number of rotatable bonds is 2. The summed E-state index contributed by atoms with van der Waals surface area (Å²) < 4.78 is 5.01. The minimum atomic E-state index is 0.772. The van der Waals surface area contributed by atoms with Gasteiger partial charge < -0.3 is 4.74 Å². The van der Waals surface area contributed by atoms with Gasteiger partial charge in [0.1, 0.15) is 5.75 Å². The Morgan fingerprint density at radius 3 is 2.77 bits per heavy atom. The molecule has 2 heterocycles. The van der Waals surface area contributed by atoms with Crippen LogP contribution in [-0.4, -0.2) is 17.1 Å². The average Bonchev–Trinajstić information content (AvgIpc) is 2.71. The Hall–Kier alpha value is -1.42. The van der Waals surface area contributed by atoms with E-state index in [0.29, 0.717) is 0 Å². The Bertz CT molecular complexity index is 369. The van der Waals surface area contributed by atoms with Crippen LogP contribution in [0.25, 0.3) is 10.6 Å². The minimum absolute atomic E-state index is 0.772. The van der Waals surface area contributed by atoms with Gasteiger partial charge in [-0.15, -0.1) is 11.3 Å². The molecule has 2 aromatic heterocycles. The fourth-order valence-corrected chi connectivity index (χ4v) is 1.59. The number of ether oxygens (including phenoxy) is 1. The molecule has 4 heteroatoms. The standard InChI is InChI=1S/C9H8N2OS/c1-12-7-2-3-8(11-4-7)9-5-10-6-13-9/h2-6H,1H3. The van der Waals surface area contributed by atoms with E-state index in [-0.39, 0.29) is 0 Å². The van der Waals surface area contributed by atoms with Gasteiger partial charge in [0, 0.05) is 6.20 Å². The highest BCUT2D eigenvalue weighted by Gasteiger charge is 2.00. The van der Waals surface area contributed by atoms with Crippen LogP contribution in [0.2, 0.25) is 0 Å². The van der Waals surface area contributed by atoms with Crippen molar-refractivity contribution in [2.24, 2.45) is 0 Å². The van der Waals surface area contributed by atoms with Crippen LogP contribution in [0.4, 0.5) is 0 Å². The molecular formula is C9H8N2OS. The number of methoxy groups -OCH3 is 1. The third kappa shape index (κ3) is 1.67. The van der Waals surface area contributed by atoms with Crippen LogP contribution < -0.4 is 4.74 Å². The van der Waals surface area contributed by atoms with Crippen molar-refractivity contribution in [3.05, 3.63) is 30.0 Å². The molecule has 2 aromatic rings. The van der Waals surface area contributed by atoms with E-state index in [4.69, 9.17) is 4.74 Å². The van der Waals surface area contributed by atoms with Gasteiger partial charge in [-0.25, -0.2) is 0 Å². The van der Waals surface area contributed by atoms with Gasteiger partial charge >= 0.3 is 0 Å². The van der Waals surface area contributed by atoms with E-state index >= 15 is 0 Å². The van der Waals surface area contributed by atoms with Crippen molar-refractivity contribution < 1.29 is 4.74 Å². The summed E-state index contributed by atoms with van der Waals surface area (Å²) in [6, 6.07) is 3.81. The van der Waals surface area contributed by atoms with Crippen molar-refractivity contribution in [1.29, 1.82) is 0 Å². The summed E-state index contributed by atoms with van der Waals surface area (Å²) in [5.41, 5.74) is 2.73. The van der Waals surface area contributed by atoms with Crippen LogP contribution in [0.15, 0.2) is 30.0 Å². The number of pyridine rings is 1. The van der Waals surface area contributed by atoms with E-state index in [9.17, 15) is 0 Å². The van der Waals surface area contributed by atoms with E-state index in [2.05, 4.69) is 9.97 Å². The zero-order valence-electron chi connectivity index (χ0n) is 7.10. The Morgan fingerprint density at radius 2 is 2.23 bits per heavy atom. The molecule has 0 fully saturated rings. The van der Waals surface area contributed by atoms with Crippen molar-refractivity contribution >= 4 is 11.3 Å². The third-order valence-electron chi connectivity index (χ3n) is 1.66. The largest absolute Gasteiger partial charge is 0.495 e. The van der Waals surface area contributed by atoms with Crippen LogP contribution in [0, 0.1) is 0 Å². The molecule has 0 aromatic carbocycles. The molecule has 0 bridgehead atoms. The van der Waals surface area contributed by atoms with Crippen LogP contribution in [-0.2, 0) is 0 Å². The van der Waals surface area contributed by atoms with Crippen LogP contribution in [0.5, 0.6) is 5.75 Å². The first-order chi connectivity index (χ1) is 6.40. The summed E-state index contributed by atoms with van der Waals surface area (Å²) in [7, 11) is 1.63. The van der Waals surface area contributed by atoms with Crippen molar-refractivity contribution in [1.82, 2.24) is 9.97 Å². The maximum absolute atomic E-state index is 5.01. The summed E-state index contributed by atoms with van der Waals surface area (Å²) in [6.45, 7) is 0. The number of hydrogen-bond acceptors (Lipinski definition) is 4. The van der Waals surface area contributed by atoms with Crippen molar-refractivity contribution in [3.8, 4) is 16.3 Å².